The molecule has 0 saturated heterocycles. The van der Waals surface area contributed by atoms with Crippen LogP contribution in [0.4, 0.5) is 0 Å². The number of methoxy groups -OCH3 is 1. The Labute approximate surface area is 177 Å². The van der Waals surface area contributed by atoms with Crippen molar-refractivity contribution in [2.75, 3.05) is 7.11 Å². The SMILES string of the molecule is COc1ccccc1C(CC(=O)NCc1ccccc1)c1cn(C)c2ccccc12. The summed E-state index contributed by atoms with van der Waals surface area (Å²) in [7, 11) is 3.72. The lowest BCUT2D eigenvalue weighted by atomic mass is 9.87. The second-order valence-corrected chi connectivity index (χ2v) is 7.47. The van der Waals surface area contributed by atoms with Gasteiger partial charge in [-0.15, -0.1) is 0 Å². The standard InChI is InChI=1S/C26H26N2O2/c1-28-18-23(20-12-6-8-14-24(20)28)22(21-13-7-9-15-25(21)30-2)16-26(29)27-17-19-10-4-3-5-11-19/h3-15,18,22H,16-17H2,1-2H3,(H,27,29). The number of benzene rings is 3. The average molecular weight is 399 g/mol. The zero-order chi connectivity index (χ0) is 20.9. The van der Waals surface area contributed by atoms with E-state index < -0.39 is 0 Å². The molecular weight excluding hydrogens is 372 g/mol. The van der Waals surface area contributed by atoms with Crippen LogP contribution < -0.4 is 10.1 Å². The van der Waals surface area contributed by atoms with Crippen LogP contribution in [0.5, 0.6) is 5.75 Å². The molecule has 4 nitrogen and oxygen atoms in total. The van der Waals surface area contributed by atoms with Gasteiger partial charge in [-0.1, -0.05) is 66.7 Å². The molecule has 0 aliphatic heterocycles. The number of aromatic nitrogens is 1. The molecule has 0 aliphatic rings. The van der Waals surface area contributed by atoms with Gasteiger partial charge in [0.2, 0.25) is 5.91 Å². The van der Waals surface area contributed by atoms with Crippen LogP contribution in [0.25, 0.3) is 10.9 Å². The fourth-order valence-electron chi connectivity index (χ4n) is 4.05. The number of rotatable bonds is 7. The third-order valence-corrected chi connectivity index (χ3v) is 5.54. The Morgan fingerprint density at radius 3 is 2.43 bits per heavy atom. The molecule has 3 aromatic carbocycles. The first-order chi connectivity index (χ1) is 14.7. The second-order valence-electron chi connectivity index (χ2n) is 7.47. The quantitative estimate of drug-likeness (QED) is 0.475. The number of carbonyl (C=O) groups excluding carboxylic acids is 1. The molecule has 0 aliphatic carbocycles. The van der Waals surface area contributed by atoms with Crippen LogP contribution in [0.2, 0.25) is 0 Å². The van der Waals surface area contributed by atoms with Crippen molar-refractivity contribution >= 4 is 16.8 Å². The molecule has 30 heavy (non-hydrogen) atoms. The van der Waals surface area contributed by atoms with Crippen molar-refractivity contribution in [2.45, 2.75) is 18.9 Å². The summed E-state index contributed by atoms with van der Waals surface area (Å²) in [4.78, 5) is 13.0. The summed E-state index contributed by atoms with van der Waals surface area (Å²) in [5, 5.41) is 4.23. The number of fused-ring (bicyclic) bond motifs is 1. The Balaban J connectivity index is 1.68. The van der Waals surface area contributed by atoms with Crippen molar-refractivity contribution in [1.29, 1.82) is 0 Å². The van der Waals surface area contributed by atoms with Gasteiger partial charge in [-0.05, 0) is 23.3 Å². The van der Waals surface area contributed by atoms with Crippen LogP contribution in [0, 0.1) is 0 Å². The number of nitrogens with one attached hydrogen (secondary N) is 1. The third-order valence-electron chi connectivity index (χ3n) is 5.54. The number of carbonyl (C=O) groups is 1. The molecule has 0 fully saturated rings. The smallest absolute Gasteiger partial charge is 0.221 e. The predicted octanol–water partition coefficient (Wildman–Crippen LogP) is 5.03. The summed E-state index contributed by atoms with van der Waals surface area (Å²) in [6.07, 6.45) is 2.48. The highest BCUT2D eigenvalue weighted by atomic mass is 16.5. The maximum atomic E-state index is 13.0. The Hall–Kier alpha value is -3.53. The minimum absolute atomic E-state index is 0.0164. The summed E-state index contributed by atoms with van der Waals surface area (Å²) >= 11 is 0. The maximum absolute atomic E-state index is 13.0. The van der Waals surface area contributed by atoms with E-state index in [9.17, 15) is 4.79 Å². The Bertz CT molecular complexity index is 1150. The van der Waals surface area contributed by atoms with Gasteiger partial charge in [0.25, 0.3) is 0 Å². The Kier molecular flexibility index (Phi) is 5.84. The zero-order valence-electron chi connectivity index (χ0n) is 17.3. The van der Waals surface area contributed by atoms with E-state index in [1.165, 1.54) is 0 Å². The van der Waals surface area contributed by atoms with E-state index in [-0.39, 0.29) is 11.8 Å². The van der Waals surface area contributed by atoms with Crippen molar-refractivity contribution in [1.82, 2.24) is 9.88 Å². The van der Waals surface area contributed by atoms with Gasteiger partial charge >= 0.3 is 0 Å². The van der Waals surface area contributed by atoms with Crippen molar-refractivity contribution < 1.29 is 9.53 Å². The van der Waals surface area contributed by atoms with Crippen LogP contribution in [-0.4, -0.2) is 17.6 Å². The minimum Gasteiger partial charge on any atom is -0.496 e. The lowest BCUT2D eigenvalue weighted by molar-refractivity contribution is -0.121. The van der Waals surface area contributed by atoms with Crippen molar-refractivity contribution in [3.05, 3.63) is 102 Å². The van der Waals surface area contributed by atoms with Crippen LogP contribution in [0.3, 0.4) is 0 Å². The molecule has 0 saturated carbocycles. The van der Waals surface area contributed by atoms with E-state index in [0.29, 0.717) is 13.0 Å². The Morgan fingerprint density at radius 1 is 0.933 bits per heavy atom. The molecule has 4 heteroatoms. The molecule has 1 unspecified atom stereocenters. The van der Waals surface area contributed by atoms with Crippen molar-refractivity contribution in [3.8, 4) is 5.75 Å². The maximum Gasteiger partial charge on any atom is 0.221 e. The summed E-state index contributed by atoms with van der Waals surface area (Å²) in [5.74, 6) is 0.706. The first-order valence-electron chi connectivity index (χ1n) is 10.1. The average Bonchev–Trinajstić information content (AvgIpc) is 3.13. The van der Waals surface area contributed by atoms with Crippen molar-refractivity contribution in [3.63, 3.8) is 0 Å². The number of aryl methyl sites for hydroxylation is 1. The van der Waals surface area contributed by atoms with Gasteiger partial charge in [0.15, 0.2) is 0 Å². The molecule has 4 aromatic rings. The van der Waals surface area contributed by atoms with E-state index >= 15 is 0 Å². The molecule has 152 valence electrons. The van der Waals surface area contributed by atoms with Gasteiger partial charge in [-0.2, -0.15) is 0 Å². The third kappa shape index (κ3) is 4.08. The Morgan fingerprint density at radius 2 is 1.63 bits per heavy atom. The normalized spacial score (nSPS) is 11.9. The molecule has 0 bridgehead atoms. The first kappa shape index (κ1) is 19.8. The lowest BCUT2D eigenvalue weighted by Crippen LogP contribution is -2.25. The molecule has 1 aromatic heterocycles. The van der Waals surface area contributed by atoms with Crippen LogP contribution >= 0.6 is 0 Å². The topological polar surface area (TPSA) is 43.3 Å². The first-order valence-corrected chi connectivity index (χ1v) is 10.1. The largest absolute Gasteiger partial charge is 0.496 e. The molecule has 1 amide bonds. The highest BCUT2D eigenvalue weighted by molar-refractivity contribution is 5.86. The molecular formula is C26H26N2O2. The van der Waals surface area contributed by atoms with Gasteiger partial charge < -0.3 is 14.6 Å². The van der Waals surface area contributed by atoms with Crippen LogP contribution in [0.1, 0.15) is 29.0 Å². The molecule has 1 heterocycles. The van der Waals surface area contributed by atoms with E-state index in [2.05, 4.69) is 34.3 Å². The molecule has 1 atom stereocenters. The number of amides is 1. The number of nitrogens with zero attached hydrogens (tertiary/aromatic N) is 1. The fraction of sp³-hybridized carbons (Fsp3) is 0.192. The van der Waals surface area contributed by atoms with Crippen LogP contribution in [-0.2, 0) is 18.4 Å². The lowest BCUT2D eigenvalue weighted by Gasteiger charge is -2.20. The van der Waals surface area contributed by atoms with Crippen LogP contribution in [0.15, 0.2) is 85.1 Å². The minimum atomic E-state index is -0.108. The molecule has 1 N–H and O–H groups in total. The van der Waals surface area contributed by atoms with E-state index in [4.69, 9.17) is 4.74 Å². The number of hydrogen-bond acceptors (Lipinski definition) is 2. The molecule has 4 rings (SSSR count). The number of hydrogen-bond donors (Lipinski definition) is 1. The zero-order valence-corrected chi connectivity index (χ0v) is 17.3. The summed E-state index contributed by atoms with van der Waals surface area (Å²) < 4.78 is 7.76. The van der Waals surface area contributed by atoms with Gasteiger partial charge in [-0.25, -0.2) is 0 Å². The second kappa shape index (κ2) is 8.87. The van der Waals surface area contributed by atoms with Crippen molar-refractivity contribution in [2.24, 2.45) is 7.05 Å². The number of ether oxygens (including phenoxy) is 1. The van der Waals surface area contributed by atoms with Gasteiger partial charge in [0.1, 0.15) is 5.75 Å². The van der Waals surface area contributed by atoms with Gasteiger partial charge in [-0.3, -0.25) is 4.79 Å². The predicted molar refractivity (Wildman–Crippen MR) is 121 cm³/mol. The molecule has 0 spiro atoms. The monoisotopic (exact) mass is 398 g/mol. The van der Waals surface area contributed by atoms with E-state index in [1.54, 1.807) is 7.11 Å². The summed E-state index contributed by atoms with van der Waals surface area (Å²) in [6.45, 7) is 0.522. The highest BCUT2D eigenvalue weighted by Gasteiger charge is 2.24. The van der Waals surface area contributed by atoms with Gasteiger partial charge in [0, 0.05) is 48.6 Å². The summed E-state index contributed by atoms with van der Waals surface area (Å²) in [5.41, 5.74) is 4.39. The fourth-order valence-corrected chi connectivity index (χ4v) is 4.05. The number of para-hydroxylation sites is 2. The highest BCUT2D eigenvalue weighted by Crippen LogP contribution is 2.38. The summed E-state index contributed by atoms with van der Waals surface area (Å²) in [6, 6.07) is 26.2. The van der Waals surface area contributed by atoms with E-state index in [0.717, 1.165) is 33.3 Å². The van der Waals surface area contributed by atoms with E-state index in [1.807, 2.05) is 67.7 Å². The molecule has 0 radical (unpaired) electrons. The van der Waals surface area contributed by atoms with Gasteiger partial charge in [0.05, 0.1) is 7.11 Å².